The number of nitrogens with zero attached hydrogens (tertiary/aromatic N) is 1. The van der Waals surface area contributed by atoms with Crippen molar-refractivity contribution < 1.29 is 19.1 Å². The summed E-state index contributed by atoms with van der Waals surface area (Å²) in [6.45, 7) is 3.59. The summed E-state index contributed by atoms with van der Waals surface area (Å²) in [5, 5.41) is 5.66. The Balaban J connectivity index is 1.70. The van der Waals surface area contributed by atoms with Crippen LogP contribution in [0.2, 0.25) is 5.02 Å². The summed E-state index contributed by atoms with van der Waals surface area (Å²) in [6.07, 6.45) is 0. The second-order valence-electron chi connectivity index (χ2n) is 6.43. The highest BCUT2D eigenvalue weighted by Gasteiger charge is 2.50. The Morgan fingerprint density at radius 2 is 1.86 bits per heavy atom. The third kappa shape index (κ3) is 3.80. The highest BCUT2D eigenvalue weighted by molar-refractivity contribution is 6.32. The number of rotatable bonds is 6. The average molecular weight is 402 g/mol. The van der Waals surface area contributed by atoms with E-state index in [1.165, 1.54) is 0 Å². The van der Waals surface area contributed by atoms with Crippen LogP contribution >= 0.6 is 11.6 Å². The molecule has 1 atom stereocenters. The molecule has 146 valence electrons. The standard InChI is InChI=1S/C20H20ClN3O4/c1-3-28-14-10-8-13(9-11-14)22-17(25)12-24-18(26)20(2,23-19(24)27)15-6-4-5-7-16(15)21/h4-11H,3,12H2,1-2H3,(H,22,25)(H,23,27)/t20-/m1/s1. The van der Waals surface area contributed by atoms with Crippen molar-refractivity contribution in [2.75, 3.05) is 18.5 Å². The van der Waals surface area contributed by atoms with E-state index in [9.17, 15) is 14.4 Å². The Kier molecular flexibility index (Phi) is 5.56. The van der Waals surface area contributed by atoms with Gasteiger partial charge in [0, 0.05) is 16.3 Å². The molecule has 1 aliphatic heterocycles. The van der Waals surface area contributed by atoms with Gasteiger partial charge in [0.15, 0.2) is 0 Å². The average Bonchev–Trinajstić information content (AvgIpc) is 2.88. The van der Waals surface area contributed by atoms with Crippen LogP contribution in [-0.4, -0.2) is 35.9 Å². The molecular formula is C20H20ClN3O4. The van der Waals surface area contributed by atoms with Crippen LogP contribution in [0.4, 0.5) is 10.5 Å². The second-order valence-corrected chi connectivity index (χ2v) is 6.84. The molecule has 1 heterocycles. The zero-order valence-corrected chi connectivity index (χ0v) is 16.2. The maximum Gasteiger partial charge on any atom is 0.325 e. The molecule has 8 heteroatoms. The molecule has 0 aliphatic carbocycles. The lowest BCUT2D eigenvalue weighted by atomic mass is 9.92. The zero-order valence-electron chi connectivity index (χ0n) is 15.5. The van der Waals surface area contributed by atoms with Gasteiger partial charge < -0.3 is 15.4 Å². The minimum atomic E-state index is -1.32. The summed E-state index contributed by atoms with van der Waals surface area (Å²) in [5.74, 6) is -0.339. The molecule has 28 heavy (non-hydrogen) atoms. The second kappa shape index (κ2) is 7.90. The van der Waals surface area contributed by atoms with Crippen molar-refractivity contribution in [3.05, 3.63) is 59.1 Å². The van der Waals surface area contributed by atoms with Crippen molar-refractivity contribution in [3.63, 3.8) is 0 Å². The monoisotopic (exact) mass is 401 g/mol. The number of amides is 4. The Morgan fingerprint density at radius 3 is 2.50 bits per heavy atom. The molecule has 7 nitrogen and oxygen atoms in total. The number of urea groups is 1. The molecule has 0 unspecified atom stereocenters. The van der Waals surface area contributed by atoms with Crippen molar-refractivity contribution in [2.45, 2.75) is 19.4 Å². The molecule has 1 fully saturated rings. The Hall–Kier alpha value is -3.06. The third-order valence-electron chi connectivity index (χ3n) is 4.44. The molecule has 0 bridgehead atoms. The lowest BCUT2D eigenvalue weighted by Gasteiger charge is -2.23. The first-order valence-corrected chi connectivity index (χ1v) is 9.14. The maximum absolute atomic E-state index is 12.9. The van der Waals surface area contributed by atoms with Crippen LogP contribution < -0.4 is 15.4 Å². The Bertz CT molecular complexity index is 916. The molecule has 1 saturated heterocycles. The van der Waals surface area contributed by atoms with Gasteiger partial charge in [-0.25, -0.2) is 4.79 Å². The number of nitrogens with one attached hydrogen (secondary N) is 2. The van der Waals surface area contributed by atoms with Gasteiger partial charge in [0.2, 0.25) is 5.91 Å². The SMILES string of the molecule is CCOc1ccc(NC(=O)CN2C(=O)N[C@](C)(c3ccccc3Cl)C2=O)cc1. The van der Waals surface area contributed by atoms with Crippen LogP contribution in [0.5, 0.6) is 5.75 Å². The minimum Gasteiger partial charge on any atom is -0.494 e. The molecule has 3 rings (SSSR count). The molecule has 2 N–H and O–H groups in total. The normalized spacial score (nSPS) is 18.8. The van der Waals surface area contributed by atoms with E-state index in [1.807, 2.05) is 6.92 Å². The topological polar surface area (TPSA) is 87.7 Å². The molecule has 0 radical (unpaired) electrons. The van der Waals surface area contributed by atoms with Gasteiger partial charge in [-0.1, -0.05) is 29.8 Å². The van der Waals surface area contributed by atoms with E-state index in [1.54, 1.807) is 55.5 Å². The first kappa shape index (κ1) is 19.7. The first-order chi connectivity index (χ1) is 13.3. The quantitative estimate of drug-likeness (QED) is 0.728. The van der Waals surface area contributed by atoms with Gasteiger partial charge in [-0.05, 0) is 44.2 Å². The lowest BCUT2D eigenvalue weighted by molar-refractivity contribution is -0.133. The predicted octanol–water partition coefficient (Wildman–Crippen LogP) is 3.14. The summed E-state index contributed by atoms with van der Waals surface area (Å²) in [7, 11) is 0. The van der Waals surface area contributed by atoms with Gasteiger partial charge >= 0.3 is 6.03 Å². The number of hydrogen-bond acceptors (Lipinski definition) is 4. The van der Waals surface area contributed by atoms with Crippen molar-refractivity contribution in [3.8, 4) is 5.75 Å². The van der Waals surface area contributed by atoms with Gasteiger partial charge in [-0.2, -0.15) is 0 Å². The third-order valence-corrected chi connectivity index (χ3v) is 4.77. The van der Waals surface area contributed by atoms with Crippen molar-refractivity contribution >= 4 is 35.1 Å². The number of anilines is 1. The molecule has 1 aliphatic rings. The fraction of sp³-hybridized carbons (Fsp3) is 0.250. The number of imide groups is 1. The molecule has 2 aromatic rings. The highest BCUT2D eigenvalue weighted by atomic mass is 35.5. The Labute approximate surface area is 167 Å². The summed E-state index contributed by atoms with van der Waals surface area (Å²) >= 11 is 6.19. The summed E-state index contributed by atoms with van der Waals surface area (Å²) in [6, 6.07) is 12.9. The van der Waals surface area contributed by atoms with E-state index < -0.39 is 29.9 Å². The van der Waals surface area contributed by atoms with Crippen LogP contribution in [0, 0.1) is 0 Å². The maximum atomic E-state index is 12.9. The van der Waals surface area contributed by atoms with Gasteiger partial charge in [-0.3, -0.25) is 14.5 Å². The molecule has 0 spiro atoms. The summed E-state index contributed by atoms with van der Waals surface area (Å²) in [4.78, 5) is 38.5. The predicted molar refractivity (Wildman–Crippen MR) is 105 cm³/mol. The smallest absolute Gasteiger partial charge is 0.325 e. The highest BCUT2D eigenvalue weighted by Crippen LogP contribution is 2.33. The molecule has 4 amide bonds. The number of carbonyl (C=O) groups excluding carboxylic acids is 3. The van der Waals surface area contributed by atoms with Crippen LogP contribution in [0.3, 0.4) is 0 Å². The fourth-order valence-electron chi connectivity index (χ4n) is 3.04. The van der Waals surface area contributed by atoms with Crippen molar-refractivity contribution in [2.24, 2.45) is 0 Å². The van der Waals surface area contributed by atoms with Crippen LogP contribution in [0.15, 0.2) is 48.5 Å². The number of benzene rings is 2. The number of ether oxygens (including phenoxy) is 1. The van der Waals surface area contributed by atoms with Crippen LogP contribution in [0.25, 0.3) is 0 Å². The van der Waals surface area contributed by atoms with E-state index in [-0.39, 0.29) is 0 Å². The molecule has 2 aromatic carbocycles. The molecular weight excluding hydrogens is 382 g/mol. The van der Waals surface area contributed by atoms with Gasteiger partial charge in [0.05, 0.1) is 6.61 Å². The number of carbonyl (C=O) groups is 3. The van der Waals surface area contributed by atoms with E-state index >= 15 is 0 Å². The Morgan fingerprint density at radius 1 is 1.18 bits per heavy atom. The van der Waals surface area contributed by atoms with Crippen LogP contribution in [0.1, 0.15) is 19.4 Å². The van der Waals surface area contributed by atoms with E-state index in [4.69, 9.17) is 16.3 Å². The van der Waals surface area contributed by atoms with Gasteiger partial charge in [0.1, 0.15) is 17.8 Å². The van der Waals surface area contributed by atoms with Gasteiger partial charge in [-0.15, -0.1) is 0 Å². The van der Waals surface area contributed by atoms with E-state index in [0.717, 1.165) is 4.90 Å². The van der Waals surface area contributed by atoms with Crippen LogP contribution in [-0.2, 0) is 15.1 Å². The lowest BCUT2D eigenvalue weighted by Crippen LogP contribution is -2.42. The van der Waals surface area contributed by atoms with E-state index in [0.29, 0.717) is 28.6 Å². The molecule has 0 saturated carbocycles. The van der Waals surface area contributed by atoms with Crippen molar-refractivity contribution in [1.29, 1.82) is 0 Å². The minimum absolute atomic E-state index is 0.360. The van der Waals surface area contributed by atoms with Gasteiger partial charge in [0.25, 0.3) is 5.91 Å². The zero-order chi connectivity index (χ0) is 20.3. The summed E-state index contributed by atoms with van der Waals surface area (Å²) < 4.78 is 5.35. The first-order valence-electron chi connectivity index (χ1n) is 8.77. The summed E-state index contributed by atoms with van der Waals surface area (Å²) in [5.41, 5.74) is -0.312. The number of halogens is 1. The largest absolute Gasteiger partial charge is 0.494 e. The van der Waals surface area contributed by atoms with E-state index in [2.05, 4.69) is 10.6 Å². The molecule has 0 aromatic heterocycles. The fourth-order valence-corrected chi connectivity index (χ4v) is 3.36. The number of hydrogen-bond donors (Lipinski definition) is 2. The van der Waals surface area contributed by atoms with Crippen molar-refractivity contribution in [1.82, 2.24) is 10.2 Å².